The average molecular weight is 233 g/mol. The van der Waals surface area contributed by atoms with Crippen LogP contribution in [-0.4, -0.2) is 17.8 Å². The minimum atomic E-state index is -0.429. The molecule has 1 radical (unpaired) electrons. The molecular weight excluding hydrogens is 223 g/mol. The maximum absolute atomic E-state index is 11.2. The molecule has 0 saturated carbocycles. The van der Waals surface area contributed by atoms with Crippen molar-refractivity contribution in [3.63, 3.8) is 0 Å². The van der Waals surface area contributed by atoms with Crippen LogP contribution in [0.4, 0.5) is 0 Å². The van der Waals surface area contributed by atoms with E-state index >= 15 is 0 Å². The van der Waals surface area contributed by atoms with E-state index in [1.807, 2.05) is 0 Å². The molecule has 0 aliphatic carbocycles. The SMILES string of the molecule is CCOC(=O)c1cccc(OO)c1.[V]. The van der Waals surface area contributed by atoms with Gasteiger partial charge in [0.25, 0.3) is 0 Å². The van der Waals surface area contributed by atoms with Gasteiger partial charge >= 0.3 is 5.97 Å². The fraction of sp³-hybridized carbons (Fsp3) is 0.222. The molecule has 4 nitrogen and oxygen atoms in total. The molecule has 0 bridgehead atoms. The van der Waals surface area contributed by atoms with Gasteiger partial charge in [-0.3, -0.25) is 0 Å². The summed E-state index contributed by atoms with van der Waals surface area (Å²) in [6, 6.07) is 6.11. The van der Waals surface area contributed by atoms with Crippen molar-refractivity contribution < 1.29 is 38.2 Å². The molecule has 1 N–H and O–H groups in total. The molecule has 0 aliphatic heterocycles. The third kappa shape index (κ3) is 3.42. The summed E-state index contributed by atoms with van der Waals surface area (Å²) in [6.45, 7) is 2.05. The molecule has 0 spiro atoms. The van der Waals surface area contributed by atoms with Crippen molar-refractivity contribution in [3.8, 4) is 5.75 Å². The maximum Gasteiger partial charge on any atom is 0.338 e. The fourth-order valence-corrected chi connectivity index (χ4v) is 0.894. The summed E-state index contributed by atoms with van der Waals surface area (Å²) in [4.78, 5) is 15.1. The zero-order valence-electron chi connectivity index (χ0n) is 7.64. The van der Waals surface area contributed by atoms with Crippen LogP contribution >= 0.6 is 0 Å². The monoisotopic (exact) mass is 233 g/mol. The minimum absolute atomic E-state index is 0. The van der Waals surface area contributed by atoms with Crippen LogP contribution in [0.5, 0.6) is 5.75 Å². The smallest absolute Gasteiger partial charge is 0.338 e. The van der Waals surface area contributed by atoms with Crippen LogP contribution < -0.4 is 4.89 Å². The predicted octanol–water partition coefficient (Wildman–Crippen LogP) is 1.71. The first-order valence-corrected chi connectivity index (χ1v) is 3.86. The number of hydrogen-bond acceptors (Lipinski definition) is 4. The van der Waals surface area contributed by atoms with Gasteiger partial charge in [-0.1, -0.05) is 6.07 Å². The van der Waals surface area contributed by atoms with Crippen LogP contribution in [0.15, 0.2) is 24.3 Å². The van der Waals surface area contributed by atoms with Crippen LogP contribution in [0.25, 0.3) is 0 Å². The van der Waals surface area contributed by atoms with E-state index in [0.717, 1.165) is 0 Å². The number of ether oxygens (including phenoxy) is 1. The van der Waals surface area contributed by atoms with E-state index in [2.05, 4.69) is 4.89 Å². The van der Waals surface area contributed by atoms with Gasteiger partial charge in [-0.05, 0) is 25.1 Å². The summed E-state index contributed by atoms with van der Waals surface area (Å²) >= 11 is 0. The molecule has 0 aliphatic rings. The third-order valence-electron chi connectivity index (χ3n) is 1.45. The van der Waals surface area contributed by atoms with Gasteiger partial charge in [-0.2, -0.15) is 0 Å². The van der Waals surface area contributed by atoms with Gasteiger partial charge in [0.2, 0.25) is 0 Å². The van der Waals surface area contributed by atoms with Crippen molar-refractivity contribution in [3.05, 3.63) is 29.8 Å². The molecule has 0 atom stereocenters. The first-order valence-electron chi connectivity index (χ1n) is 3.86. The van der Waals surface area contributed by atoms with E-state index in [1.165, 1.54) is 12.1 Å². The molecule has 5 heteroatoms. The van der Waals surface area contributed by atoms with Crippen LogP contribution in [-0.2, 0) is 23.3 Å². The number of esters is 1. The van der Waals surface area contributed by atoms with Crippen molar-refractivity contribution >= 4 is 5.97 Å². The summed E-state index contributed by atoms with van der Waals surface area (Å²) in [5.74, 6) is -0.216. The van der Waals surface area contributed by atoms with E-state index in [9.17, 15) is 4.79 Å². The van der Waals surface area contributed by atoms with Crippen LogP contribution in [0.3, 0.4) is 0 Å². The Hall–Kier alpha value is -0.966. The number of benzene rings is 1. The Labute approximate surface area is 93.6 Å². The fourth-order valence-electron chi connectivity index (χ4n) is 0.894. The Kier molecular flexibility index (Phi) is 6.04. The summed E-state index contributed by atoms with van der Waals surface area (Å²) < 4.78 is 4.75. The number of carbonyl (C=O) groups is 1. The van der Waals surface area contributed by atoms with E-state index in [0.29, 0.717) is 12.2 Å². The molecule has 0 heterocycles. The molecular formula is C9H10O4V. The zero-order valence-corrected chi connectivity index (χ0v) is 9.03. The second-order valence-corrected chi connectivity index (χ2v) is 2.34. The van der Waals surface area contributed by atoms with Gasteiger partial charge in [0.1, 0.15) is 0 Å². The van der Waals surface area contributed by atoms with Crippen molar-refractivity contribution in [2.45, 2.75) is 6.92 Å². The minimum Gasteiger partial charge on any atom is -0.462 e. The topological polar surface area (TPSA) is 55.8 Å². The maximum atomic E-state index is 11.2. The second-order valence-electron chi connectivity index (χ2n) is 2.34. The first-order chi connectivity index (χ1) is 6.27. The Morgan fingerprint density at radius 1 is 1.50 bits per heavy atom. The van der Waals surface area contributed by atoms with E-state index < -0.39 is 5.97 Å². The van der Waals surface area contributed by atoms with Crippen LogP contribution in [0, 0.1) is 0 Å². The quantitative estimate of drug-likeness (QED) is 0.490. The molecule has 75 valence electrons. The predicted molar refractivity (Wildman–Crippen MR) is 45.7 cm³/mol. The summed E-state index contributed by atoms with van der Waals surface area (Å²) in [7, 11) is 0. The molecule has 14 heavy (non-hydrogen) atoms. The van der Waals surface area contributed by atoms with Gasteiger partial charge in [-0.25, -0.2) is 10.1 Å². The number of hydrogen-bond donors (Lipinski definition) is 1. The van der Waals surface area contributed by atoms with E-state index in [-0.39, 0.29) is 24.3 Å². The molecule has 0 fully saturated rings. The van der Waals surface area contributed by atoms with E-state index in [4.69, 9.17) is 9.99 Å². The largest absolute Gasteiger partial charge is 0.462 e. The molecule has 1 aromatic rings. The van der Waals surface area contributed by atoms with Gasteiger partial charge in [0.05, 0.1) is 12.2 Å². The normalized spacial score (nSPS) is 8.71. The summed E-state index contributed by atoms with van der Waals surface area (Å²) in [5, 5.41) is 8.32. The molecule has 0 amide bonds. The van der Waals surface area contributed by atoms with Gasteiger partial charge < -0.3 is 9.62 Å². The third-order valence-corrected chi connectivity index (χ3v) is 1.45. The van der Waals surface area contributed by atoms with Gasteiger partial charge in [-0.15, -0.1) is 0 Å². The molecule has 0 unspecified atom stereocenters. The summed E-state index contributed by atoms with van der Waals surface area (Å²) in [6.07, 6.45) is 0. The second kappa shape index (κ2) is 6.48. The Bertz CT molecular complexity index is 301. The molecule has 1 rings (SSSR count). The van der Waals surface area contributed by atoms with Crippen LogP contribution in [0.1, 0.15) is 17.3 Å². The molecule has 1 aromatic carbocycles. The Balaban J connectivity index is 0.00000169. The average Bonchev–Trinajstić information content (AvgIpc) is 2.18. The van der Waals surface area contributed by atoms with Crippen LogP contribution in [0.2, 0.25) is 0 Å². The Morgan fingerprint density at radius 2 is 2.21 bits per heavy atom. The summed E-state index contributed by atoms with van der Waals surface area (Å²) in [5.41, 5.74) is 0.355. The number of carbonyl (C=O) groups excluding carboxylic acids is 1. The standard InChI is InChI=1S/C9H10O4.V/c1-2-12-9(10)7-4-3-5-8(6-7)13-11;/h3-6,11H,2H2,1H3;. The van der Waals surface area contributed by atoms with Crippen molar-refractivity contribution in [2.24, 2.45) is 0 Å². The van der Waals surface area contributed by atoms with Crippen molar-refractivity contribution in [1.82, 2.24) is 0 Å². The zero-order chi connectivity index (χ0) is 9.68. The van der Waals surface area contributed by atoms with Gasteiger partial charge in [0, 0.05) is 18.6 Å². The van der Waals surface area contributed by atoms with Gasteiger partial charge in [0.15, 0.2) is 5.75 Å². The van der Waals surface area contributed by atoms with Crippen molar-refractivity contribution in [1.29, 1.82) is 0 Å². The number of rotatable bonds is 3. The first kappa shape index (κ1) is 13.0. The van der Waals surface area contributed by atoms with Crippen molar-refractivity contribution in [2.75, 3.05) is 6.61 Å². The molecule has 0 saturated heterocycles. The molecule has 0 aromatic heterocycles. The Morgan fingerprint density at radius 3 is 2.79 bits per heavy atom. The van der Waals surface area contributed by atoms with E-state index in [1.54, 1.807) is 19.1 Å².